The highest BCUT2D eigenvalue weighted by atomic mass is 19.4. The lowest BCUT2D eigenvalue weighted by Gasteiger charge is -2.16. The van der Waals surface area contributed by atoms with Crippen LogP contribution in [0.5, 0.6) is 0 Å². The summed E-state index contributed by atoms with van der Waals surface area (Å²) in [6.45, 7) is 1.87. The van der Waals surface area contributed by atoms with Crippen LogP contribution in [-0.4, -0.2) is 48.6 Å². The second kappa shape index (κ2) is 12.4. The smallest absolute Gasteiger partial charge is 0.450 e. The molecule has 0 atom stereocenters. The minimum atomic E-state index is -6.92. The fourth-order valence-electron chi connectivity index (χ4n) is 5.18. The molecule has 4 rings (SSSR count). The predicted molar refractivity (Wildman–Crippen MR) is 131 cm³/mol. The fraction of sp³-hybridized carbons (Fsp3) is 0.214. The Morgan fingerprint density at radius 2 is 0.618 bits per heavy atom. The molecule has 0 radical (unpaired) electrons. The molecule has 0 fully saturated rings. The molecule has 4 aromatic rings. The van der Waals surface area contributed by atoms with Gasteiger partial charge in [-0.2, -0.15) is 79.0 Å². The highest BCUT2D eigenvalue weighted by Crippen LogP contribution is 2.44. The number of hydrogen-bond acceptors (Lipinski definition) is 3. The lowest BCUT2D eigenvalue weighted by molar-refractivity contribution is -0.169. The van der Waals surface area contributed by atoms with Crippen molar-refractivity contribution in [1.82, 2.24) is 0 Å². The van der Waals surface area contributed by atoms with E-state index in [9.17, 15) is 88.6 Å². The average molecular weight is 842 g/mol. The summed E-state index contributed by atoms with van der Waals surface area (Å²) in [6, 6.07) is 0. The first kappa shape index (κ1) is 42.6. The second-order valence-corrected chi connectivity index (χ2v) is 10.5. The van der Waals surface area contributed by atoms with E-state index in [1.165, 1.54) is 0 Å². The topological polar surface area (TPSA) is 47.3 Å². The van der Waals surface area contributed by atoms with Crippen LogP contribution in [-0.2, 0) is 9.59 Å². The molecule has 0 bridgehead atoms. The van der Waals surface area contributed by atoms with Gasteiger partial charge >= 0.3 is 37.1 Å². The van der Waals surface area contributed by atoms with Crippen LogP contribution in [0.1, 0.15) is 0 Å². The Morgan fingerprint density at radius 3 is 0.855 bits per heavy atom. The first-order valence-electron chi connectivity index (χ1n) is 13.0. The van der Waals surface area contributed by atoms with Crippen molar-refractivity contribution in [2.24, 2.45) is 0 Å². The molecule has 0 amide bonds. The summed E-state index contributed by atoms with van der Waals surface area (Å²) in [5.74, 6) is -29.5. The van der Waals surface area contributed by atoms with Crippen LogP contribution in [0.15, 0.2) is 16.6 Å². The number of carbonyl (C=O) groups excluding carboxylic acids is 2. The minimum Gasteiger partial charge on any atom is -0.450 e. The first-order chi connectivity index (χ1) is 24.4. The van der Waals surface area contributed by atoms with E-state index < -0.39 is 154 Å². The highest BCUT2D eigenvalue weighted by molar-refractivity contribution is 6.23. The molecule has 3 nitrogen and oxygen atoms in total. The molecule has 1 heterocycles. The third kappa shape index (κ3) is 6.67. The monoisotopic (exact) mass is 842 g/mol. The normalized spacial score (nSPS) is 15.6. The van der Waals surface area contributed by atoms with Crippen molar-refractivity contribution < 1.29 is 119 Å². The Balaban J connectivity index is 2.73. The van der Waals surface area contributed by atoms with E-state index in [1.54, 1.807) is 0 Å². The van der Waals surface area contributed by atoms with E-state index in [0.29, 0.717) is 0 Å². The Hall–Kier alpha value is -5.14. The molecule has 55 heavy (non-hydrogen) atoms. The maximum Gasteiger partial charge on any atom is 0.454 e. The van der Waals surface area contributed by atoms with Gasteiger partial charge in [0.1, 0.15) is 34.4 Å². The predicted octanol–water partition coefficient (Wildman–Crippen LogP) is 8.81. The molecule has 0 N–H and O–H groups in total. The Bertz CT molecular complexity index is 2400. The molecule has 3 aromatic carbocycles. The zero-order chi connectivity index (χ0) is 42.8. The summed E-state index contributed by atoms with van der Waals surface area (Å²) in [7, 11) is 0. The lowest BCUT2D eigenvalue weighted by Crippen LogP contribution is -2.36. The number of ketones is 2. The molecule has 0 saturated heterocycles. The average Bonchev–Trinajstić information content (AvgIpc) is 3.38. The summed E-state index contributed by atoms with van der Waals surface area (Å²) >= 11 is 0. The molecule has 0 aliphatic rings. The Kier molecular flexibility index (Phi) is 9.63. The zero-order valence-electron chi connectivity index (χ0n) is 24.5. The molecule has 0 aliphatic carbocycles. The van der Waals surface area contributed by atoms with Crippen LogP contribution < -0.4 is 15.7 Å². The van der Waals surface area contributed by atoms with Crippen molar-refractivity contribution in [1.29, 1.82) is 0 Å². The van der Waals surface area contributed by atoms with Crippen LogP contribution >= 0.6 is 0 Å². The van der Waals surface area contributed by atoms with Crippen LogP contribution in [0.4, 0.5) is 105 Å². The Labute approximate surface area is 281 Å². The van der Waals surface area contributed by atoms with Gasteiger partial charge in [-0.25, -0.2) is 26.3 Å². The third-order valence-corrected chi connectivity index (χ3v) is 7.22. The highest BCUT2D eigenvalue weighted by Gasteiger charge is 2.54. The quantitative estimate of drug-likeness (QED) is 0.194. The van der Waals surface area contributed by atoms with Crippen LogP contribution in [0.2, 0.25) is 0 Å². The summed E-state index contributed by atoms with van der Waals surface area (Å²) in [4.78, 5) is 23.3. The number of Topliss-reactive ketones (excluding diaryl/α,β-unsaturated/α-hetero) is 2. The fourth-order valence-corrected chi connectivity index (χ4v) is 5.18. The van der Waals surface area contributed by atoms with Crippen molar-refractivity contribution >= 4 is 61.0 Å². The van der Waals surface area contributed by atoms with E-state index in [2.05, 4.69) is 4.42 Å². The molecular formula is C28H2F24O3. The number of hydrogen-bond donors (Lipinski definition) is 0. The van der Waals surface area contributed by atoms with E-state index in [0.717, 1.165) is 0 Å². The summed E-state index contributed by atoms with van der Waals surface area (Å²) in [6.07, 6.45) is -40.6. The number of allylic oxidation sites excluding steroid dienone is 1. The third-order valence-electron chi connectivity index (χ3n) is 7.22. The van der Waals surface area contributed by atoms with Crippen molar-refractivity contribution in [3.05, 3.63) is 62.7 Å². The first-order valence-corrected chi connectivity index (χ1v) is 13.0. The van der Waals surface area contributed by atoms with Gasteiger partial charge in [-0.1, -0.05) is 6.58 Å². The van der Waals surface area contributed by atoms with Gasteiger partial charge in [0.05, 0.1) is 37.6 Å². The number of carbonyl (C=O) groups is 2. The van der Waals surface area contributed by atoms with Crippen LogP contribution in [0.3, 0.4) is 0 Å². The van der Waals surface area contributed by atoms with Gasteiger partial charge in [0.15, 0.2) is 22.8 Å². The van der Waals surface area contributed by atoms with Gasteiger partial charge in [0.2, 0.25) is 0 Å². The molecule has 300 valence electrons. The molecule has 0 unspecified atom stereocenters. The minimum absolute atomic E-state index is 1.87. The van der Waals surface area contributed by atoms with Gasteiger partial charge in [-0.05, 0) is 0 Å². The number of rotatable bonds is 3. The van der Waals surface area contributed by atoms with E-state index in [4.69, 9.17) is 0 Å². The van der Waals surface area contributed by atoms with Gasteiger partial charge in [0, 0.05) is 10.8 Å². The number of halogens is 24. The molecule has 0 saturated carbocycles. The lowest BCUT2D eigenvalue weighted by atomic mass is 10.0. The van der Waals surface area contributed by atoms with Gasteiger partial charge < -0.3 is 4.42 Å². The second-order valence-electron chi connectivity index (χ2n) is 10.5. The molecule has 0 spiro atoms. The number of fused-ring (bicyclic) bond motifs is 5. The summed E-state index contributed by atoms with van der Waals surface area (Å²) in [5.41, 5.74) is -20.9. The van der Waals surface area contributed by atoms with Crippen LogP contribution in [0, 0.1) is 34.9 Å². The maximum atomic E-state index is 16.0. The van der Waals surface area contributed by atoms with Crippen molar-refractivity contribution in [3.63, 3.8) is 0 Å². The SMILES string of the molecule is C=C(/C(=c1/c(F)c2c3c(F)/c(=C(\C(=O)C(F)(F)F)C(F)(F)F)c(F)c3oc3c(F)/c(=C(\C(=O)C(F)(F)F)C(F)(F)F)c(F)c3c2c1F)C(F)(F)F)C(F)(F)F. The van der Waals surface area contributed by atoms with E-state index >= 15 is 26.3 Å². The maximum absolute atomic E-state index is 16.0. The molecular weight excluding hydrogens is 840 g/mol. The molecule has 27 heteroatoms. The van der Waals surface area contributed by atoms with Crippen molar-refractivity contribution in [3.8, 4) is 0 Å². The standard InChI is InChI=1S/C28H2F24O3/c1-2(23(35,36)37)10(24(38,39)40)7-13(29)3-4(14(7)30)6-16(32)9(12(26(44,45)46)22(54)28(50,51)52)18(34)20(6)55-19-5(3)15(31)8(17(19)33)11(25(41,42)43)21(53)27(47,48)49/h1H2/b10-7-,11-8+,12-9-. The summed E-state index contributed by atoms with van der Waals surface area (Å²) < 4.78 is 343. The van der Waals surface area contributed by atoms with Crippen molar-refractivity contribution in [2.45, 2.75) is 37.1 Å². The van der Waals surface area contributed by atoms with Gasteiger partial charge in [-0.15, -0.1) is 0 Å². The summed E-state index contributed by atoms with van der Waals surface area (Å²) in [5, 5.41) is -21.7. The van der Waals surface area contributed by atoms with E-state index in [-0.39, 0.29) is 0 Å². The zero-order valence-corrected chi connectivity index (χ0v) is 24.5. The molecule has 0 aliphatic heterocycles. The van der Waals surface area contributed by atoms with Gasteiger partial charge in [0.25, 0.3) is 11.6 Å². The Morgan fingerprint density at radius 1 is 0.364 bits per heavy atom. The number of alkyl halides is 18. The van der Waals surface area contributed by atoms with E-state index in [1.807, 2.05) is 6.58 Å². The largest absolute Gasteiger partial charge is 0.454 e. The van der Waals surface area contributed by atoms with Crippen LogP contribution in [0.25, 0.3) is 49.4 Å². The van der Waals surface area contributed by atoms with Crippen molar-refractivity contribution in [2.75, 3.05) is 0 Å². The molecule has 1 aromatic heterocycles. The van der Waals surface area contributed by atoms with Gasteiger partial charge in [-0.3, -0.25) is 9.59 Å².